The number of hydrogen-bond acceptors (Lipinski definition) is 4. The Labute approximate surface area is 150 Å². The lowest BCUT2D eigenvalue weighted by Gasteiger charge is -2.37. The molecule has 0 aliphatic carbocycles. The van der Waals surface area contributed by atoms with Gasteiger partial charge in [0.2, 0.25) is 5.91 Å². The maximum atomic E-state index is 12.2. The third-order valence-corrected chi connectivity index (χ3v) is 5.15. The van der Waals surface area contributed by atoms with Crippen molar-refractivity contribution in [3.63, 3.8) is 0 Å². The second kappa shape index (κ2) is 9.38. The van der Waals surface area contributed by atoms with Crippen LogP contribution in [0.4, 0.5) is 0 Å². The molecule has 0 radical (unpaired) electrons. The minimum Gasteiger partial charge on any atom is -0.375 e. The molecule has 2 atom stereocenters. The molecule has 2 unspecified atom stereocenters. The van der Waals surface area contributed by atoms with Gasteiger partial charge in [0, 0.05) is 45.8 Å². The molecule has 0 aromatic heterocycles. The second-order valence-electron chi connectivity index (χ2n) is 6.98. The Morgan fingerprint density at radius 1 is 1.08 bits per heavy atom. The lowest BCUT2D eigenvalue weighted by Crippen LogP contribution is -2.53. The largest absolute Gasteiger partial charge is 0.375 e. The number of nitrogens with zero attached hydrogens (tertiary/aromatic N) is 3. The number of amides is 1. The van der Waals surface area contributed by atoms with Crippen molar-refractivity contribution >= 4 is 11.9 Å². The highest BCUT2D eigenvalue weighted by molar-refractivity contribution is 5.81. The highest BCUT2D eigenvalue weighted by atomic mass is 16.5. The standard InChI is InChI=1S/C18H32N4O3/c1-2-19-18(20-8-7-17(23)21-9-3-4-10-21)22-11-13-25-16(14-22)15-6-5-12-24-15/h15-16H,2-14H2,1H3,(H,19,20). The number of morpholine rings is 1. The van der Waals surface area contributed by atoms with Crippen LogP contribution in [0, 0.1) is 0 Å². The zero-order chi connectivity index (χ0) is 17.5. The summed E-state index contributed by atoms with van der Waals surface area (Å²) < 4.78 is 11.7. The molecule has 1 amide bonds. The maximum Gasteiger partial charge on any atom is 0.224 e. The van der Waals surface area contributed by atoms with E-state index in [2.05, 4.69) is 17.1 Å². The van der Waals surface area contributed by atoms with Crippen LogP contribution in [0.5, 0.6) is 0 Å². The molecule has 3 heterocycles. The normalized spacial score (nSPS) is 27.8. The van der Waals surface area contributed by atoms with Gasteiger partial charge in [-0.2, -0.15) is 0 Å². The van der Waals surface area contributed by atoms with Gasteiger partial charge in [-0.15, -0.1) is 0 Å². The summed E-state index contributed by atoms with van der Waals surface area (Å²) in [7, 11) is 0. The Balaban J connectivity index is 1.52. The van der Waals surface area contributed by atoms with E-state index >= 15 is 0 Å². The van der Waals surface area contributed by atoms with E-state index in [4.69, 9.17) is 14.5 Å². The van der Waals surface area contributed by atoms with Gasteiger partial charge in [0.05, 0.1) is 19.3 Å². The van der Waals surface area contributed by atoms with Crippen LogP contribution < -0.4 is 5.32 Å². The summed E-state index contributed by atoms with van der Waals surface area (Å²) >= 11 is 0. The molecular weight excluding hydrogens is 320 g/mol. The molecule has 1 N–H and O–H groups in total. The quantitative estimate of drug-likeness (QED) is 0.587. The Morgan fingerprint density at radius 2 is 1.88 bits per heavy atom. The van der Waals surface area contributed by atoms with Crippen molar-refractivity contribution in [2.75, 3.05) is 52.5 Å². The number of carbonyl (C=O) groups excluding carboxylic acids is 1. The molecule has 0 aromatic rings. The number of nitrogens with one attached hydrogen (secondary N) is 1. The van der Waals surface area contributed by atoms with Gasteiger partial charge < -0.3 is 24.6 Å². The first-order chi connectivity index (χ1) is 12.3. The van der Waals surface area contributed by atoms with Crippen molar-refractivity contribution in [3.05, 3.63) is 0 Å². The average molecular weight is 352 g/mol. The third kappa shape index (κ3) is 5.07. The topological polar surface area (TPSA) is 66.4 Å². The van der Waals surface area contributed by atoms with Gasteiger partial charge in [0.1, 0.15) is 6.10 Å². The molecule has 7 nitrogen and oxygen atoms in total. The van der Waals surface area contributed by atoms with Gasteiger partial charge in [-0.3, -0.25) is 9.79 Å². The van der Waals surface area contributed by atoms with Crippen LogP contribution in [0.25, 0.3) is 0 Å². The molecule has 142 valence electrons. The fourth-order valence-electron chi connectivity index (χ4n) is 3.80. The SMILES string of the molecule is CCNC(=NCCC(=O)N1CCCC1)N1CCOC(C2CCCO2)C1. The Bertz CT molecular complexity index is 459. The summed E-state index contributed by atoms with van der Waals surface area (Å²) in [5.74, 6) is 1.12. The maximum absolute atomic E-state index is 12.2. The predicted molar refractivity (Wildman–Crippen MR) is 96.7 cm³/mol. The summed E-state index contributed by atoms with van der Waals surface area (Å²) in [5.41, 5.74) is 0. The van der Waals surface area contributed by atoms with Gasteiger partial charge >= 0.3 is 0 Å². The summed E-state index contributed by atoms with van der Waals surface area (Å²) in [6.45, 7) is 8.43. The molecule has 3 fully saturated rings. The van der Waals surface area contributed by atoms with Crippen molar-refractivity contribution in [3.8, 4) is 0 Å². The zero-order valence-corrected chi connectivity index (χ0v) is 15.4. The predicted octanol–water partition coefficient (Wildman–Crippen LogP) is 0.844. The van der Waals surface area contributed by atoms with Crippen molar-refractivity contribution < 1.29 is 14.3 Å². The van der Waals surface area contributed by atoms with E-state index in [0.29, 0.717) is 19.6 Å². The molecule has 25 heavy (non-hydrogen) atoms. The molecule has 3 rings (SSSR count). The highest BCUT2D eigenvalue weighted by Gasteiger charge is 2.32. The van der Waals surface area contributed by atoms with Gasteiger partial charge in [-0.25, -0.2) is 0 Å². The highest BCUT2D eigenvalue weighted by Crippen LogP contribution is 2.21. The first-order valence-corrected chi connectivity index (χ1v) is 9.82. The Morgan fingerprint density at radius 3 is 2.60 bits per heavy atom. The van der Waals surface area contributed by atoms with E-state index in [1.807, 2.05) is 4.90 Å². The summed E-state index contributed by atoms with van der Waals surface area (Å²) in [5, 5.41) is 3.36. The van der Waals surface area contributed by atoms with E-state index < -0.39 is 0 Å². The summed E-state index contributed by atoms with van der Waals surface area (Å²) in [6.07, 6.45) is 5.29. The van der Waals surface area contributed by atoms with Crippen LogP contribution in [0.2, 0.25) is 0 Å². The molecule has 7 heteroatoms. The van der Waals surface area contributed by atoms with Crippen molar-refractivity contribution in [1.29, 1.82) is 0 Å². The van der Waals surface area contributed by atoms with Gasteiger partial charge in [-0.05, 0) is 32.6 Å². The van der Waals surface area contributed by atoms with Gasteiger partial charge in [-0.1, -0.05) is 0 Å². The smallest absolute Gasteiger partial charge is 0.224 e. The lowest BCUT2D eigenvalue weighted by molar-refractivity contribution is -0.129. The van der Waals surface area contributed by atoms with Crippen molar-refractivity contribution in [2.45, 2.75) is 51.2 Å². The second-order valence-corrected chi connectivity index (χ2v) is 6.98. The number of ether oxygens (including phenoxy) is 2. The molecule has 0 aromatic carbocycles. The first-order valence-electron chi connectivity index (χ1n) is 9.82. The number of aliphatic imine (C=N–C) groups is 1. The van der Waals surface area contributed by atoms with Crippen LogP contribution in [0.3, 0.4) is 0 Å². The van der Waals surface area contributed by atoms with Crippen molar-refractivity contribution in [1.82, 2.24) is 15.1 Å². The number of hydrogen-bond donors (Lipinski definition) is 1. The number of rotatable bonds is 5. The van der Waals surface area contributed by atoms with E-state index in [0.717, 1.165) is 71.0 Å². The number of likely N-dealkylation sites (tertiary alicyclic amines) is 1. The van der Waals surface area contributed by atoms with E-state index in [9.17, 15) is 4.79 Å². The number of carbonyl (C=O) groups is 1. The van der Waals surface area contributed by atoms with Gasteiger partial charge in [0.15, 0.2) is 5.96 Å². The molecule has 0 spiro atoms. The summed E-state index contributed by atoms with van der Waals surface area (Å²) in [6, 6.07) is 0. The molecule has 3 aliphatic heterocycles. The Hall–Kier alpha value is -1.34. The minimum absolute atomic E-state index is 0.117. The van der Waals surface area contributed by atoms with E-state index in [-0.39, 0.29) is 18.1 Å². The molecule has 3 saturated heterocycles. The fourth-order valence-corrected chi connectivity index (χ4v) is 3.80. The van der Waals surface area contributed by atoms with E-state index in [1.54, 1.807) is 0 Å². The van der Waals surface area contributed by atoms with Crippen LogP contribution in [-0.4, -0.2) is 86.4 Å². The van der Waals surface area contributed by atoms with Crippen LogP contribution in [-0.2, 0) is 14.3 Å². The lowest BCUT2D eigenvalue weighted by atomic mass is 10.1. The van der Waals surface area contributed by atoms with Crippen LogP contribution in [0.15, 0.2) is 4.99 Å². The molecular formula is C18H32N4O3. The molecule has 0 bridgehead atoms. The number of guanidine groups is 1. The van der Waals surface area contributed by atoms with Crippen LogP contribution in [0.1, 0.15) is 39.0 Å². The minimum atomic E-state index is 0.117. The first kappa shape index (κ1) is 18.5. The third-order valence-electron chi connectivity index (χ3n) is 5.15. The molecule has 3 aliphatic rings. The van der Waals surface area contributed by atoms with Gasteiger partial charge in [0.25, 0.3) is 0 Å². The monoisotopic (exact) mass is 352 g/mol. The van der Waals surface area contributed by atoms with Crippen LogP contribution >= 0.6 is 0 Å². The zero-order valence-electron chi connectivity index (χ0n) is 15.4. The Kier molecular flexibility index (Phi) is 6.93. The average Bonchev–Trinajstić information content (AvgIpc) is 3.34. The van der Waals surface area contributed by atoms with E-state index in [1.165, 1.54) is 0 Å². The molecule has 0 saturated carbocycles. The van der Waals surface area contributed by atoms with Crippen molar-refractivity contribution in [2.24, 2.45) is 4.99 Å². The summed E-state index contributed by atoms with van der Waals surface area (Å²) in [4.78, 5) is 21.1. The fraction of sp³-hybridized carbons (Fsp3) is 0.889.